The molecule has 0 amide bonds. The van der Waals surface area contributed by atoms with Crippen molar-refractivity contribution in [2.75, 3.05) is 21.2 Å². The smallest absolute Gasteiger partial charge is 0.242 e. The highest BCUT2D eigenvalue weighted by molar-refractivity contribution is 7.89. The highest BCUT2D eigenvalue weighted by atomic mass is 35.5. The van der Waals surface area contributed by atoms with Crippen LogP contribution in [0.5, 0.6) is 5.75 Å². The summed E-state index contributed by atoms with van der Waals surface area (Å²) in [6.07, 6.45) is 5.09. The Bertz CT molecular complexity index is 1690. The van der Waals surface area contributed by atoms with Crippen LogP contribution in [0.25, 0.3) is 39.3 Å². The third kappa shape index (κ3) is 4.11. The molecule has 182 valence electrons. The second-order valence-corrected chi connectivity index (χ2v) is 10.7. The Labute approximate surface area is 213 Å². The molecule has 10 heteroatoms. The lowest BCUT2D eigenvalue weighted by atomic mass is 10.0. The van der Waals surface area contributed by atoms with Crippen molar-refractivity contribution in [1.29, 1.82) is 0 Å². The largest absolute Gasteiger partial charge is 0.495 e. The van der Waals surface area contributed by atoms with Crippen molar-refractivity contribution in [2.24, 2.45) is 0 Å². The van der Waals surface area contributed by atoms with E-state index in [1.807, 2.05) is 36.4 Å². The number of methoxy groups -OCH3 is 1. The van der Waals surface area contributed by atoms with E-state index in [4.69, 9.17) is 21.4 Å². The van der Waals surface area contributed by atoms with Crippen LogP contribution in [0.3, 0.4) is 0 Å². The number of sulfonamides is 1. The van der Waals surface area contributed by atoms with Gasteiger partial charge in [0.15, 0.2) is 5.65 Å². The Balaban J connectivity index is 1.79. The number of halogens is 1. The first kappa shape index (κ1) is 23.9. The highest BCUT2D eigenvalue weighted by Gasteiger charge is 2.22. The number of benzene rings is 2. The summed E-state index contributed by atoms with van der Waals surface area (Å²) < 4.78 is 33.9. The monoisotopic (exact) mass is 519 g/mol. The Morgan fingerprint density at radius 1 is 0.917 bits per heavy atom. The third-order valence-electron chi connectivity index (χ3n) is 5.82. The van der Waals surface area contributed by atoms with Gasteiger partial charge in [-0.3, -0.25) is 4.98 Å². The fourth-order valence-corrected chi connectivity index (χ4v) is 5.13. The zero-order valence-electron chi connectivity index (χ0n) is 19.8. The molecule has 0 radical (unpaired) electrons. The van der Waals surface area contributed by atoms with Crippen LogP contribution in [-0.2, 0) is 10.0 Å². The summed E-state index contributed by atoms with van der Waals surface area (Å²) >= 11 is 6.29. The maximum Gasteiger partial charge on any atom is 0.242 e. The van der Waals surface area contributed by atoms with Gasteiger partial charge >= 0.3 is 0 Å². The van der Waals surface area contributed by atoms with Gasteiger partial charge in [0.05, 0.1) is 28.3 Å². The van der Waals surface area contributed by atoms with E-state index in [9.17, 15) is 8.42 Å². The van der Waals surface area contributed by atoms with E-state index in [2.05, 4.69) is 9.97 Å². The Morgan fingerprint density at radius 3 is 2.42 bits per heavy atom. The van der Waals surface area contributed by atoms with Crippen molar-refractivity contribution in [3.05, 3.63) is 84.3 Å². The summed E-state index contributed by atoms with van der Waals surface area (Å²) in [5, 5.41) is 5.43. The summed E-state index contributed by atoms with van der Waals surface area (Å²) in [6.45, 7) is 0. The molecule has 5 aromatic rings. The summed E-state index contributed by atoms with van der Waals surface area (Å²) in [6, 6.07) is 17.9. The molecular formula is C26H22ClN5O3S. The van der Waals surface area contributed by atoms with Crippen LogP contribution in [0.15, 0.2) is 84.1 Å². The Hall–Kier alpha value is -3.79. The van der Waals surface area contributed by atoms with Gasteiger partial charge in [-0.25, -0.2) is 22.2 Å². The van der Waals surface area contributed by atoms with E-state index < -0.39 is 10.0 Å². The van der Waals surface area contributed by atoms with Crippen molar-refractivity contribution in [2.45, 2.75) is 4.90 Å². The van der Waals surface area contributed by atoms with Crippen LogP contribution in [0.4, 0.5) is 0 Å². The molecule has 3 aromatic heterocycles. The molecule has 0 atom stereocenters. The van der Waals surface area contributed by atoms with Gasteiger partial charge in [0, 0.05) is 43.8 Å². The number of rotatable bonds is 6. The number of aromatic nitrogens is 4. The predicted molar refractivity (Wildman–Crippen MR) is 140 cm³/mol. The minimum Gasteiger partial charge on any atom is -0.495 e. The molecule has 0 unspecified atom stereocenters. The molecule has 8 nitrogen and oxygen atoms in total. The summed E-state index contributed by atoms with van der Waals surface area (Å²) in [7, 11) is 0.974. The maximum absolute atomic E-state index is 12.8. The minimum atomic E-state index is -3.61. The SMILES string of the molecule is COc1cc(-c2c(-c3ccncc3)nn3c(-c4cccc(S(=O)(=O)N(C)C)c4)ccnc23)ccc1Cl. The molecule has 5 rings (SSSR count). The predicted octanol–water partition coefficient (Wildman–Crippen LogP) is 5.04. The second-order valence-electron chi connectivity index (χ2n) is 8.19. The number of hydrogen-bond donors (Lipinski definition) is 0. The zero-order valence-corrected chi connectivity index (χ0v) is 21.3. The topological polar surface area (TPSA) is 89.7 Å². The normalized spacial score (nSPS) is 11.8. The average molecular weight is 520 g/mol. The van der Waals surface area contributed by atoms with E-state index in [-0.39, 0.29) is 4.90 Å². The molecule has 0 N–H and O–H groups in total. The summed E-state index contributed by atoms with van der Waals surface area (Å²) in [5.41, 5.74) is 5.15. The first-order valence-electron chi connectivity index (χ1n) is 11.0. The second kappa shape index (κ2) is 9.34. The van der Waals surface area contributed by atoms with Crippen molar-refractivity contribution >= 4 is 27.3 Å². The van der Waals surface area contributed by atoms with Crippen LogP contribution in [-0.4, -0.2) is 53.5 Å². The van der Waals surface area contributed by atoms with Crippen LogP contribution in [0.1, 0.15) is 0 Å². The summed E-state index contributed by atoms with van der Waals surface area (Å²) in [4.78, 5) is 8.98. The van der Waals surface area contributed by atoms with Crippen molar-refractivity contribution in [3.63, 3.8) is 0 Å². The average Bonchev–Trinajstić information content (AvgIpc) is 3.29. The molecule has 0 aliphatic carbocycles. The molecule has 0 aliphatic heterocycles. The van der Waals surface area contributed by atoms with Crippen molar-refractivity contribution < 1.29 is 13.2 Å². The van der Waals surface area contributed by atoms with E-state index in [0.29, 0.717) is 33.4 Å². The molecule has 0 saturated heterocycles. The maximum atomic E-state index is 12.8. The van der Waals surface area contributed by atoms with E-state index >= 15 is 0 Å². The molecular weight excluding hydrogens is 498 g/mol. The van der Waals surface area contributed by atoms with Crippen LogP contribution >= 0.6 is 11.6 Å². The van der Waals surface area contributed by atoms with Gasteiger partial charge in [-0.05, 0) is 48.0 Å². The van der Waals surface area contributed by atoms with Crippen molar-refractivity contribution in [1.82, 2.24) is 23.9 Å². The lowest BCUT2D eigenvalue weighted by Crippen LogP contribution is -2.22. The fourth-order valence-electron chi connectivity index (χ4n) is 3.98. The van der Waals surface area contributed by atoms with Gasteiger partial charge in [0.2, 0.25) is 10.0 Å². The van der Waals surface area contributed by atoms with Gasteiger partial charge < -0.3 is 4.74 Å². The fraction of sp³-hybridized carbons (Fsp3) is 0.115. The Morgan fingerprint density at radius 2 is 1.69 bits per heavy atom. The molecule has 0 bridgehead atoms. The third-order valence-corrected chi connectivity index (χ3v) is 7.94. The molecule has 36 heavy (non-hydrogen) atoms. The van der Waals surface area contributed by atoms with Crippen molar-refractivity contribution in [3.8, 4) is 39.4 Å². The zero-order chi connectivity index (χ0) is 25.4. The number of nitrogens with zero attached hydrogens (tertiary/aromatic N) is 5. The Kier molecular flexibility index (Phi) is 6.21. The molecule has 3 heterocycles. The molecule has 0 spiro atoms. The lowest BCUT2D eigenvalue weighted by Gasteiger charge is -2.12. The van der Waals surface area contributed by atoms with Crippen LogP contribution < -0.4 is 4.74 Å². The highest BCUT2D eigenvalue weighted by Crippen LogP contribution is 2.39. The van der Waals surface area contributed by atoms with Gasteiger partial charge in [0.1, 0.15) is 11.4 Å². The minimum absolute atomic E-state index is 0.194. The van der Waals surface area contributed by atoms with Gasteiger partial charge in [-0.1, -0.05) is 29.8 Å². The first-order valence-corrected chi connectivity index (χ1v) is 12.8. The summed E-state index contributed by atoms with van der Waals surface area (Å²) in [5.74, 6) is 0.534. The number of fused-ring (bicyclic) bond motifs is 1. The number of hydrogen-bond acceptors (Lipinski definition) is 6. The van der Waals surface area contributed by atoms with Gasteiger partial charge in [0.25, 0.3) is 0 Å². The molecule has 0 aliphatic rings. The van der Waals surface area contributed by atoms with Gasteiger partial charge in [-0.15, -0.1) is 0 Å². The molecule has 0 fully saturated rings. The van der Waals surface area contributed by atoms with E-state index in [1.165, 1.54) is 18.4 Å². The van der Waals surface area contributed by atoms with E-state index in [1.54, 1.807) is 54.5 Å². The lowest BCUT2D eigenvalue weighted by molar-refractivity contribution is 0.415. The first-order chi connectivity index (χ1) is 17.3. The van der Waals surface area contributed by atoms with Gasteiger partial charge in [-0.2, -0.15) is 5.10 Å². The van der Waals surface area contributed by atoms with Crippen LogP contribution in [0, 0.1) is 0 Å². The van der Waals surface area contributed by atoms with Crippen LogP contribution in [0.2, 0.25) is 5.02 Å². The number of ether oxygens (including phenoxy) is 1. The molecule has 2 aromatic carbocycles. The molecule has 0 saturated carbocycles. The quantitative estimate of drug-likeness (QED) is 0.312. The number of pyridine rings is 1. The standard InChI is InChI=1S/C26H22ClN5O3S/c1-31(2)36(33,34)20-6-4-5-18(15-20)22-11-14-29-26-24(19-7-8-21(27)23(16-19)35-3)25(30-32(22)26)17-9-12-28-13-10-17/h4-16H,1-3H3. The van der Waals surface area contributed by atoms with E-state index in [0.717, 1.165) is 16.7 Å².